The van der Waals surface area contributed by atoms with Gasteiger partial charge in [0.25, 0.3) is 0 Å². The van der Waals surface area contributed by atoms with Gasteiger partial charge >= 0.3 is 5.84 Å². The van der Waals surface area contributed by atoms with E-state index in [0.717, 1.165) is 17.0 Å². The zero-order valence-electron chi connectivity index (χ0n) is 11.7. The lowest BCUT2D eigenvalue weighted by molar-refractivity contribution is 0.595. The van der Waals surface area contributed by atoms with Crippen LogP contribution in [0.2, 0.25) is 0 Å². The average molecular weight is 274 g/mol. The topological polar surface area (TPSA) is 30.4 Å². The second-order valence-corrected chi connectivity index (χ2v) is 5.10. The molecular formula is C18H14N2O. The van der Waals surface area contributed by atoms with Crippen LogP contribution in [0.3, 0.4) is 0 Å². The molecule has 0 atom stereocenters. The molecule has 2 aromatic heterocycles. The van der Waals surface area contributed by atoms with Gasteiger partial charge in [-0.25, -0.2) is 0 Å². The molecule has 3 heteroatoms. The van der Waals surface area contributed by atoms with Crippen molar-refractivity contribution in [2.24, 2.45) is 0 Å². The Morgan fingerprint density at radius 1 is 0.857 bits per heavy atom. The fourth-order valence-electron chi connectivity index (χ4n) is 2.50. The van der Waals surface area contributed by atoms with Gasteiger partial charge in [0.15, 0.2) is 0 Å². The van der Waals surface area contributed by atoms with Gasteiger partial charge in [0.1, 0.15) is 6.26 Å². The molecule has 0 saturated carbocycles. The van der Waals surface area contributed by atoms with Crippen LogP contribution in [-0.2, 0) is 0 Å². The van der Waals surface area contributed by atoms with Crippen LogP contribution in [0, 0.1) is 6.92 Å². The highest BCUT2D eigenvalue weighted by atomic mass is 16.3. The SMILES string of the molecule is Cc1coc2nc(-c3ccc(-c4ccccc4)cc3)cn12. The second-order valence-electron chi connectivity index (χ2n) is 5.10. The Hall–Kier alpha value is -2.81. The van der Waals surface area contributed by atoms with E-state index in [-0.39, 0.29) is 0 Å². The fraction of sp³-hybridized carbons (Fsp3) is 0.0556. The van der Waals surface area contributed by atoms with Crippen LogP contribution in [-0.4, -0.2) is 9.38 Å². The van der Waals surface area contributed by atoms with E-state index in [4.69, 9.17) is 4.42 Å². The molecule has 0 aliphatic heterocycles. The van der Waals surface area contributed by atoms with E-state index in [0.29, 0.717) is 5.84 Å². The summed E-state index contributed by atoms with van der Waals surface area (Å²) in [6.45, 7) is 2.00. The first-order valence-electron chi connectivity index (χ1n) is 6.90. The number of aromatic nitrogens is 2. The minimum atomic E-state index is 0.634. The predicted molar refractivity (Wildman–Crippen MR) is 83.1 cm³/mol. The Balaban J connectivity index is 1.73. The maximum atomic E-state index is 5.40. The van der Waals surface area contributed by atoms with Gasteiger partial charge in [-0.15, -0.1) is 0 Å². The van der Waals surface area contributed by atoms with Gasteiger partial charge in [0.2, 0.25) is 0 Å². The van der Waals surface area contributed by atoms with Crippen LogP contribution in [0.4, 0.5) is 0 Å². The Morgan fingerprint density at radius 3 is 2.24 bits per heavy atom. The van der Waals surface area contributed by atoms with Crippen molar-refractivity contribution in [2.45, 2.75) is 6.92 Å². The predicted octanol–water partition coefficient (Wildman–Crippen LogP) is 4.57. The molecule has 0 saturated heterocycles. The summed E-state index contributed by atoms with van der Waals surface area (Å²) in [5.41, 5.74) is 5.49. The minimum Gasteiger partial charge on any atom is -0.431 e. The number of rotatable bonds is 2. The maximum Gasteiger partial charge on any atom is 0.306 e. The van der Waals surface area contributed by atoms with Gasteiger partial charge in [-0.1, -0.05) is 54.6 Å². The second kappa shape index (κ2) is 4.63. The Bertz CT molecular complexity index is 886. The van der Waals surface area contributed by atoms with Gasteiger partial charge < -0.3 is 4.42 Å². The van der Waals surface area contributed by atoms with Gasteiger partial charge in [0.05, 0.1) is 11.4 Å². The third kappa shape index (κ3) is 2.03. The molecule has 21 heavy (non-hydrogen) atoms. The summed E-state index contributed by atoms with van der Waals surface area (Å²) in [5, 5.41) is 0. The standard InChI is InChI=1S/C18H14N2O/c1-13-12-21-18-19-17(11-20(13)18)16-9-7-15(8-10-16)14-5-3-2-4-6-14/h2-12H,1H3. The van der Waals surface area contributed by atoms with Crippen molar-refractivity contribution in [3.05, 3.63) is 72.8 Å². The number of imidazole rings is 1. The third-order valence-electron chi connectivity index (χ3n) is 3.68. The van der Waals surface area contributed by atoms with Crippen molar-refractivity contribution in [2.75, 3.05) is 0 Å². The van der Waals surface area contributed by atoms with Crippen molar-refractivity contribution in [1.82, 2.24) is 9.38 Å². The van der Waals surface area contributed by atoms with E-state index in [2.05, 4.69) is 53.5 Å². The molecule has 0 aliphatic rings. The number of aryl methyl sites for hydroxylation is 1. The number of benzene rings is 2. The smallest absolute Gasteiger partial charge is 0.306 e. The highest BCUT2D eigenvalue weighted by Gasteiger charge is 2.08. The summed E-state index contributed by atoms with van der Waals surface area (Å²) in [6, 6.07) is 18.8. The molecule has 0 fully saturated rings. The fourth-order valence-corrected chi connectivity index (χ4v) is 2.50. The normalized spacial score (nSPS) is 11.1. The Kier molecular flexibility index (Phi) is 2.64. The summed E-state index contributed by atoms with van der Waals surface area (Å²) >= 11 is 0. The Morgan fingerprint density at radius 2 is 1.52 bits per heavy atom. The molecule has 0 radical (unpaired) electrons. The number of oxazole rings is 1. The van der Waals surface area contributed by atoms with Crippen molar-refractivity contribution in [3.63, 3.8) is 0 Å². The van der Waals surface area contributed by atoms with Crippen LogP contribution in [0.25, 0.3) is 28.2 Å². The summed E-state index contributed by atoms with van der Waals surface area (Å²) in [7, 11) is 0. The highest BCUT2D eigenvalue weighted by Crippen LogP contribution is 2.25. The number of fused-ring (bicyclic) bond motifs is 1. The van der Waals surface area contributed by atoms with Crippen molar-refractivity contribution < 1.29 is 4.42 Å². The van der Waals surface area contributed by atoms with Gasteiger partial charge in [-0.3, -0.25) is 4.40 Å². The van der Waals surface area contributed by atoms with E-state index < -0.39 is 0 Å². The largest absolute Gasteiger partial charge is 0.431 e. The number of hydrogen-bond donors (Lipinski definition) is 0. The first-order chi connectivity index (χ1) is 10.3. The van der Waals surface area contributed by atoms with Crippen LogP contribution in [0.15, 0.2) is 71.5 Å². The summed E-state index contributed by atoms with van der Waals surface area (Å²) in [5.74, 6) is 0.634. The third-order valence-corrected chi connectivity index (χ3v) is 3.68. The first kappa shape index (κ1) is 12.0. The summed E-state index contributed by atoms with van der Waals surface area (Å²) in [4.78, 5) is 4.50. The van der Waals surface area contributed by atoms with Gasteiger partial charge in [-0.2, -0.15) is 4.98 Å². The quantitative estimate of drug-likeness (QED) is 0.536. The maximum absolute atomic E-state index is 5.40. The lowest BCUT2D eigenvalue weighted by Gasteiger charge is -2.02. The lowest BCUT2D eigenvalue weighted by atomic mass is 10.0. The molecule has 102 valence electrons. The average Bonchev–Trinajstić information content (AvgIpc) is 3.11. The summed E-state index contributed by atoms with van der Waals surface area (Å²) in [6.07, 6.45) is 3.72. The van der Waals surface area contributed by atoms with E-state index in [9.17, 15) is 0 Å². The van der Waals surface area contributed by atoms with Crippen LogP contribution < -0.4 is 0 Å². The van der Waals surface area contributed by atoms with E-state index >= 15 is 0 Å². The van der Waals surface area contributed by atoms with Gasteiger partial charge in [0, 0.05) is 11.8 Å². The number of nitrogens with zero attached hydrogens (tertiary/aromatic N) is 2. The zero-order chi connectivity index (χ0) is 14.2. The summed E-state index contributed by atoms with van der Waals surface area (Å²) < 4.78 is 7.35. The first-order valence-corrected chi connectivity index (χ1v) is 6.90. The van der Waals surface area contributed by atoms with E-state index in [1.807, 2.05) is 23.6 Å². The molecule has 4 rings (SSSR count). The van der Waals surface area contributed by atoms with Crippen LogP contribution in [0.5, 0.6) is 0 Å². The molecule has 0 aliphatic carbocycles. The zero-order valence-corrected chi connectivity index (χ0v) is 11.7. The Labute approximate surface area is 122 Å². The molecular weight excluding hydrogens is 260 g/mol. The highest BCUT2D eigenvalue weighted by molar-refractivity contribution is 5.69. The molecule has 0 N–H and O–H groups in total. The molecule has 0 unspecified atom stereocenters. The molecule has 0 amide bonds. The monoisotopic (exact) mass is 274 g/mol. The molecule has 2 heterocycles. The van der Waals surface area contributed by atoms with Crippen LogP contribution in [0.1, 0.15) is 5.69 Å². The van der Waals surface area contributed by atoms with Crippen molar-refractivity contribution >= 4 is 5.84 Å². The van der Waals surface area contributed by atoms with Crippen molar-refractivity contribution in [1.29, 1.82) is 0 Å². The van der Waals surface area contributed by atoms with E-state index in [1.54, 1.807) is 6.26 Å². The van der Waals surface area contributed by atoms with E-state index in [1.165, 1.54) is 11.1 Å². The van der Waals surface area contributed by atoms with Crippen LogP contribution >= 0.6 is 0 Å². The molecule has 0 bridgehead atoms. The molecule has 2 aromatic carbocycles. The van der Waals surface area contributed by atoms with Gasteiger partial charge in [-0.05, 0) is 18.1 Å². The lowest BCUT2D eigenvalue weighted by Crippen LogP contribution is -1.80. The minimum absolute atomic E-state index is 0.634. The molecule has 4 aromatic rings. The number of hydrogen-bond acceptors (Lipinski definition) is 2. The molecule has 3 nitrogen and oxygen atoms in total. The molecule has 0 spiro atoms. The van der Waals surface area contributed by atoms with Crippen molar-refractivity contribution in [3.8, 4) is 22.4 Å².